The highest BCUT2D eigenvalue weighted by atomic mass is 79.9. The Balaban J connectivity index is 2.64. The number of pyridine rings is 1. The molecule has 0 saturated carbocycles. The highest BCUT2D eigenvalue weighted by molar-refractivity contribution is 9.09. The lowest BCUT2D eigenvalue weighted by atomic mass is 10.1. The highest BCUT2D eigenvalue weighted by Gasteiger charge is 2.13. The summed E-state index contributed by atoms with van der Waals surface area (Å²) in [7, 11) is 0. The summed E-state index contributed by atoms with van der Waals surface area (Å²) >= 11 is 3.54. The number of halogens is 1. The van der Waals surface area contributed by atoms with Crippen LogP contribution in [0.3, 0.4) is 0 Å². The van der Waals surface area contributed by atoms with Crippen LogP contribution in [-0.4, -0.2) is 22.3 Å². The van der Waals surface area contributed by atoms with Gasteiger partial charge in [0.15, 0.2) is 0 Å². The van der Waals surface area contributed by atoms with Gasteiger partial charge in [-0.05, 0) is 31.9 Å². The predicted molar refractivity (Wildman–Crippen MR) is 73.6 cm³/mol. The molecule has 0 aliphatic heterocycles. The molecule has 0 aliphatic carbocycles. The second kappa shape index (κ2) is 6.15. The zero-order chi connectivity index (χ0) is 13.0. The number of carbonyl (C=O) groups excluding carboxylic acids is 1. The van der Waals surface area contributed by atoms with E-state index in [1.807, 2.05) is 26.0 Å². The molecule has 1 atom stereocenters. The molecule has 1 unspecified atom stereocenters. The Labute approximate surface area is 111 Å². The standard InChI is InChI=1S/C13H19BrN2O/c1-8(2)12(14)7-15-13(17)11-6-5-9(3)16-10(11)4/h5-6,8,12H,7H2,1-4H3,(H,15,17). The molecule has 1 amide bonds. The van der Waals surface area contributed by atoms with Crippen molar-refractivity contribution in [1.82, 2.24) is 10.3 Å². The van der Waals surface area contributed by atoms with Crippen LogP contribution in [-0.2, 0) is 0 Å². The molecule has 1 rings (SSSR count). The van der Waals surface area contributed by atoms with Gasteiger partial charge in [-0.2, -0.15) is 0 Å². The molecule has 3 nitrogen and oxygen atoms in total. The van der Waals surface area contributed by atoms with Crippen LogP contribution in [0.1, 0.15) is 35.6 Å². The first-order valence-electron chi connectivity index (χ1n) is 5.78. The number of nitrogens with zero attached hydrogens (tertiary/aromatic N) is 1. The van der Waals surface area contributed by atoms with E-state index in [-0.39, 0.29) is 5.91 Å². The van der Waals surface area contributed by atoms with Gasteiger partial charge in [0.05, 0.1) is 11.3 Å². The van der Waals surface area contributed by atoms with E-state index in [0.717, 1.165) is 11.4 Å². The van der Waals surface area contributed by atoms with Gasteiger partial charge < -0.3 is 5.32 Å². The number of carbonyl (C=O) groups is 1. The average Bonchev–Trinajstić information content (AvgIpc) is 2.25. The Morgan fingerprint density at radius 1 is 1.41 bits per heavy atom. The Morgan fingerprint density at radius 3 is 2.59 bits per heavy atom. The van der Waals surface area contributed by atoms with E-state index in [1.165, 1.54) is 0 Å². The van der Waals surface area contributed by atoms with Crippen LogP contribution in [0.4, 0.5) is 0 Å². The topological polar surface area (TPSA) is 42.0 Å². The first kappa shape index (κ1) is 14.2. The highest BCUT2D eigenvalue weighted by Crippen LogP contribution is 2.11. The molecule has 0 bridgehead atoms. The third-order valence-electron chi connectivity index (χ3n) is 2.65. The lowest BCUT2D eigenvalue weighted by molar-refractivity contribution is 0.0952. The van der Waals surface area contributed by atoms with Crippen LogP contribution in [0.5, 0.6) is 0 Å². The number of nitrogens with one attached hydrogen (secondary N) is 1. The monoisotopic (exact) mass is 298 g/mol. The lowest BCUT2D eigenvalue weighted by Gasteiger charge is -2.15. The van der Waals surface area contributed by atoms with Crippen LogP contribution in [0.15, 0.2) is 12.1 Å². The van der Waals surface area contributed by atoms with Crippen molar-refractivity contribution in [2.45, 2.75) is 32.5 Å². The molecule has 1 N–H and O–H groups in total. The number of aryl methyl sites for hydroxylation is 2. The Kier molecular flexibility index (Phi) is 5.12. The molecule has 0 fully saturated rings. The zero-order valence-electron chi connectivity index (χ0n) is 10.7. The fourth-order valence-corrected chi connectivity index (χ4v) is 1.61. The van der Waals surface area contributed by atoms with Crippen LogP contribution in [0.2, 0.25) is 0 Å². The molecule has 0 spiro atoms. The maximum Gasteiger partial charge on any atom is 0.253 e. The van der Waals surface area contributed by atoms with E-state index in [4.69, 9.17) is 0 Å². The molecule has 1 aromatic heterocycles. The van der Waals surface area contributed by atoms with Crippen molar-refractivity contribution >= 4 is 21.8 Å². The summed E-state index contributed by atoms with van der Waals surface area (Å²) in [6.07, 6.45) is 0. The van der Waals surface area contributed by atoms with Gasteiger partial charge in [-0.3, -0.25) is 9.78 Å². The van der Waals surface area contributed by atoms with Gasteiger partial charge in [-0.25, -0.2) is 0 Å². The summed E-state index contributed by atoms with van der Waals surface area (Å²) in [4.78, 5) is 16.5. The third kappa shape index (κ3) is 4.11. The predicted octanol–water partition coefficient (Wildman–Crippen LogP) is 2.85. The quantitative estimate of drug-likeness (QED) is 0.869. The molecule has 1 aromatic rings. The van der Waals surface area contributed by atoms with E-state index in [9.17, 15) is 4.79 Å². The van der Waals surface area contributed by atoms with Crippen LogP contribution >= 0.6 is 15.9 Å². The molecule has 0 radical (unpaired) electrons. The van der Waals surface area contributed by atoms with Gasteiger partial charge >= 0.3 is 0 Å². The minimum Gasteiger partial charge on any atom is -0.351 e. The van der Waals surface area contributed by atoms with Gasteiger partial charge in [0.1, 0.15) is 0 Å². The summed E-state index contributed by atoms with van der Waals surface area (Å²) < 4.78 is 0. The molecule has 17 heavy (non-hydrogen) atoms. The number of amides is 1. The molecule has 0 saturated heterocycles. The molecule has 94 valence electrons. The van der Waals surface area contributed by atoms with Gasteiger partial charge in [0.25, 0.3) is 5.91 Å². The van der Waals surface area contributed by atoms with Gasteiger partial charge in [0.2, 0.25) is 0 Å². The molecule has 4 heteroatoms. The van der Waals surface area contributed by atoms with Crippen molar-refractivity contribution in [2.75, 3.05) is 6.54 Å². The third-order valence-corrected chi connectivity index (χ3v) is 4.03. The Hall–Kier alpha value is -0.900. The summed E-state index contributed by atoms with van der Waals surface area (Å²) in [5.41, 5.74) is 2.36. The zero-order valence-corrected chi connectivity index (χ0v) is 12.3. The van der Waals surface area contributed by atoms with Crippen molar-refractivity contribution in [3.05, 3.63) is 29.1 Å². The normalized spacial score (nSPS) is 12.6. The van der Waals surface area contributed by atoms with E-state index >= 15 is 0 Å². The number of aromatic nitrogens is 1. The minimum absolute atomic E-state index is 0.0555. The summed E-state index contributed by atoms with van der Waals surface area (Å²) in [6, 6.07) is 3.68. The van der Waals surface area contributed by atoms with Crippen LogP contribution < -0.4 is 5.32 Å². The van der Waals surface area contributed by atoms with Gasteiger partial charge in [-0.1, -0.05) is 29.8 Å². The van der Waals surface area contributed by atoms with Crippen molar-refractivity contribution in [2.24, 2.45) is 5.92 Å². The number of alkyl halides is 1. The maximum absolute atomic E-state index is 11.9. The lowest BCUT2D eigenvalue weighted by Crippen LogP contribution is -2.32. The first-order chi connectivity index (χ1) is 7.91. The number of hydrogen-bond acceptors (Lipinski definition) is 2. The SMILES string of the molecule is Cc1ccc(C(=O)NCC(Br)C(C)C)c(C)n1. The largest absolute Gasteiger partial charge is 0.351 e. The summed E-state index contributed by atoms with van der Waals surface area (Å²) in [5, 5.41) is 2.91. The Morgan fingerprint density at radius 2 is 2.06 bits per heavy atom. The fourth-order valence-electron chi connectivity index (χ4n) is 1.45. The smallest absolute Gasteiger partial charge is 0.253 e. The molecular weight excluding hydrogens is 280 g/mol. The molecule has 1 heterocycles. The van der Waals surface area contributed by atoms with Crippen molar-refractivity contribution in [1.29, 1.82) is 0 Å². The first-order valence-corrected chi connectivity index (χ1v) is 6.70. The van der Waals surface area contributed by atoms with Crippen molar-refractivity contribution in [3.63, 3.8) is 0 Å². The second-order valence-electron chi connectivity index (χ2n) is 4.56. The minimum atomic E-state index is -0.0555. The van der Waals surface area contributed by atoms with Gasteiger partial charge in [-0.15, -0.1) is 0 Å². The van der Waals surface area contributed by atoms with E-state index in [1.54, 1.807) is 0 Å². The van der Waals surface area contributed by atoms with E-state index < -0.39 is 0 Å². The van der Waals surface area contributed by atoms with Gasteiger partial charge in [0, 0.05) is 17.1 Å². The number of rotatable bonds is 4. The molecular formula is C13H19BrN2O. The van der Waals surface area contributed by atoms with Crippen LogP contribution in [0.25, 0.3) is 0 Å². The van der Waals surface area contributed by atoms with Crippen molar-refractivity contribution in [3.8, 4) is 0 Å². The Bertz CT molecular complexity index is 404. The molecule has 0 aliphatic rings. The second-order valence-corrected chi connectivity index (χ2v) is 5.73. The van der Waals surface area contributed by atoms with Crippen LogP contribution in [0, 0.1) is 19.8 Å². The number of hydrogen-bond donors (Lipinski definition) is 1. The van der Waals surface area contributed by atoms with E-state index in [2.05, 4.69) is 40.1 Å². The fraction of sp³-hybridized carbons (Fsp3) is 0.538. The summed E-state index contributed by atoms with van der Waals surface area (Å²) in [5.74, 6) is 0.438. The summed E-state index contributed by atoms with van der Waals surface area (Å²) in [6.45, 7) is 8.64. The maximum atomic E-state index is 11.9. The average molecular weight is 299 g/mol. The van der Waals surface area contributed by atoms with Crippen molar-refractivity contribution < 1.29 is 4.79 Å². The molecule has 0 aromatic carbocycles. The van der Waals surface area contributed by atoms with E-state index in [0.29, 0.717) is 22.9 Å².